The average Bonchev–Trinajstić information content (AvgIpc) is 3.31. The Hall–Kier alpha value is -3.59. The van der Waals surface area contributed by atoms with E-state index in [0.717, 1.165) is 17.7 Å². The fourth-order valence-electron chi connectivity index (χ4n) is 5.82. The molecule has 1 aliphatic carbocycles. The van der Waals surface area contributed by atoms with Crippen molar-refractivity contribution in [3.63, 3.8) is 0 Å². The van der Waals surface area contributed by atoms with Crippen molar-refractivity contribution in [1.29, 1.82) is 0 Å². The van der Waals surface area contributed by atoms with Crippen LogP contribution < -0.4 is 10.6 Å². The van der Waals surface area contributed by atoms with Crippen LogP contribution in [0.25, 0.3) is 21.5 Å². The summed E-state index contributed by atoms with van der Waals surface area (Å²) >= 11 is 0. The van der Waals surface area contributed by atoms with Gasteiger partial charge in [-0.15, -0.1) is 0 Å². The molecule has 170 valence electrons. The van der Waals surface area contributed by atoms with Gasteiger partial charge in [0.05, 0.1) is 6.04 Å². The topological polar surface area (TPSA) is 41.1 Å². The first-order valence-electron chi connectivity index (χ1n) is 12.2. The third kappa shape index (κ3) is 3.47. The van der Waals surface area contributed by atoms with Gasteiger partial charge in [0, 0.05) is 22.7 Å². The second kappa shape index (κ2) is 7.73. The molecule has 0 radical (unpaired) electrons. The molecule has 1 amide bonds. The van der Waals surface area contributed by atoms with Crippen LogP contribution in [-0.2, 0) is 0 Å². The van der Waals surface area contributed by atoms with Crippen molar-refractivity contribution in [2.75, 3.05) is 5.32 Å². The number of carbonyl (C=O) groups is 1. The first kappa shape index (κ1) is 21.0. The Morgan fingerprint density at radius 3 is 2.26 bits per heavy atom. The molecule has 4 aromatic carbocycles. The van der Waals surface area contributed by atoms with E-state index in [9.17, 15) is 4.79 Å². The van der Waals surface area contributed by atoms with E-state index in [1.807, 2.05) is 26.8 Å². The highest BCUT2D eigenvalue weighted by Gasteiger charge is 2.39. The lowest BCUT2D eigenvalue weighted by Gasteiger charge is -2.38. The first-order chi connectivity index (χ1) is 16.4. The van der Waals surface area contributed by atoms with Crippen molar-refractivity contribution < 1.29 is 4.79 Å². The molecule has 0 spiro atoms. The zero-order chi connectivity index (χ0) is 23.4. The van der Waals surface area contributed by atoms with Gasteiger partial charge < -0.3 is 10.6 Å². The minimum absolute atomic E-state index is 0.0176. The van der Waals surface area contributed by atoms with Crippen LogP contribution in [0.5, 0.6) is 0 Å². The minimum atomic E-state index is -0.262. The monoisotopic (exact) mass is 446 g/mol. The van der Waals surface area contributed by atoms with Gasteiger partial charge in [-0.05, 0) is 90.0 Å². The number of hydrogen-bond donors (Lipinski definition) is 2. The Balaban J connectivity index is 1.49. The molecule has 0 aromatic heterocycles. The number of fused-ring (bicyclic) bond motifs is 5. The maximum atomic E-state index is 12.9. The molecule has 0 saturated carbocycles. The second-order valence-electron chi connectivity index (χ2n) is 10.7. The van der Waals surface area contributed by atoms with E-state index in [1.54, 1.807) is 0 Å². The molecule has 3 nitrogen and oxygen atoms in total. The molecule has 34 heavy (non-hydrogen) atoms. The molecular weight excluding hydrogens is 416 g/mol. The normalized spacial score (nSPS) is 21.2. The first-order valence-corrected chi connectivity index (χ1v) is 12.2. The van der Waals surface area contributed by atoms with Crippen LogP contribution in [0.15, 0.2) is 84.9 Å². The number of hydrogen-bond acceptors (Lipinski definition) is 2. The third-order valence-corrected chi connectivity index (χ3v) is 7.24. The zero-order valence-electron chi connectivity index (χ0n) is 19.9. The van der Waals surface area contributed by atoms with Crippen molar-refractivity contribution in [2.24, 2.45) is 5.92 Å². The lowest BCUT2D eigenvalue weighted by atomic mass is 9.74. The number of carbonyl (C=O) groups excluding carboxylic acids is 1. The minimum Gasteiger partial charge on any atom is -0.378 e. The molecular formula is C31H30N2O. The maximum absolute atomic E-state index is 12.9. The highest BCUT2D eigenvalue weighted by Crippen LogP contribution is 2.52. The van der Waals surface area contributed by atoms with Crippen LogP contribution in [0.3, 0.4) is 0 Å². The van der Waals surface area contributed by atoms with Gasteiger partial charge in [0.1, 0.15) is 0 Å². The Kier molecular flexibility index (Phi) is 4.77. The van der Waals surface area contributed by atoms with E-state index < -0.39 is 0 Å². The van der Waals surface area contributed by atoms with Crippen LogP contribution in [-0.4, -0.2) is 11.4 Å². The SMILES string of the molecule is CC(C)(C)NC(=O)c1ccc2c(c1)C1C=CCC1C(c1c3ccccc3cc3ccccc13)N2. The highest BCUT2D eigenvalue weighted by atomic mass is 16.1. The number of rotatable bonds is 2. The largest absolute Gasteiger partial charge is 0.378 e. The molecule has 0 bridgehead atoms. The van der Waals surface area contributed by atoms with E-state index in [-0.39, 0.29) is 17.5 Å². The Bertz CT molecular complexity index is 1410. The summed E-state index contributed by atoms with van der Waals surface area (Å²) in [5.41, 5.74) is 4.20. The predicted octanol–water partition coefficient (Wildman–Crippen LogP) is 7.35. The van der Waals surface area contributed by atoms with Crippen LogP contribution in [0, 0.1) is 5.92 Å². The van der Waals surface area contributed by atoms with Gasteiger partial charge >= 0.3 is 0 Å². The number of amides is 1. The van der Waals surface area contributed by atoms with E-state index in [4.69, 9.17) is 0 Å². The Morgan fingerprint density at radius 1 is 0.912 bits per heavy atom. The lowest BCUT2D eigenvalue weighted by Crippen LogP contribution is -2.40. The van der Waals surface area contributed by atoms with Gasteiger partial charge in [-0.1, -0.05) is 60.7 Å². The molecule has 1 heterocycles. The van der Waals surface area contributed by atoms with Gasteiger partial charge in [-0.3, -0.25) is 4.79 Å². The van der Waals surface area contributed by atoms with Crippen LogP contribution >= 0.6 is 0 Å². The second-order valence-corrected chi connectivity index (χ2v) is 10.7. The van der Waals surface area contributed by atoms with Crippen molar-refractivity contribution in [3.05, 3.63) is 102 Å². The average molecular weight is 447 g/mol. The Labute approximate surface area is 200 Å². The fourth-order valence-corrected chi connectivity index (χ4v) is 5.82. The summed E-state index contributed by atoms with van der Waals surface area (Å²) in [7, 11) is 0. The van der Waals surface area contributed by atoms with Crippen molar-refractivity contribution in [2.45, 2.75) is 44.7 Å². The van der Waals surface area contributed by atoms with Gasteiger partial charge in [0.2, 0.25) is 0 Å². The molecule has 1 aliphatic heterocycles. The standard InChI is InChI=1S/C31H30N2O/c1-31(2,3)33-30(34)21-15-16-27-26(18-21)24-13-8-14-25(24)29(32-27)28-22-11-6-4-9-19(22)17-20-10-5-7-12-23(20)28/h4-13,15-18,24-25,29,32H,14H2,1-3H3,(H,33,34). The van der Waals surface area contributed by atoms with Gasteiger partial charge in [0.15, 0.2) is 0 Å². The summed E-state index contributed by atoms with van der Waals surface area (Å²) in [5, 5.41) is 12.2. The van der Waals surface area contributed by atoms with Crippen LogP contribution in [0.4, 0.5) is 5.69 Å². The zero-order valence-corrected chi connectivity index (χ0v) is 19.9. The van der Waals surface area contributed by atoms with Gasteiger partial charge in [-0.25, -0.2) is 0 Å². The highest BCUT2D eigenvalue weighted by molar-refractivity contribution is 6.03. The molecule has 3 heteroatoms. The summed E-state index contributed by atoms with van der Waals surface area (Å²) in [6, 6.07) is 26.1. The summed E-state index contributed by atoms with van der Waals surface area (Å²) in [6.45, 7) is 6.04. The van der Waals surface area contributed by atoms with Crippen LogP contribution in [0.1, 0.15) is 60.6 Å². The molecule has 3 unspecified atom stereocenters. The number of anilines is 1. The van der Waals surface area contributed by atoms with E-state index in [1.165, 1.54) is 32.7 Å². The van der Waals surface area contributed by atoms with Crippen LogP contribution in [0.2, 0.25) is 0 Å². The molecule has 3 atom stereocenters. The summed E-state index contributed by atoms with van der Waals surface area (Å²) < 4.78 is 0. The van der Waals surface area contributed by atoms with E-state index in [0.29, 0.717) is 11.8 Å². The number of benzene rings is 4. The Morgan fingerprint density at radius 2 is 1.59 bits per heavy atom. The molecule has 2 N–H and O–H groups in total. The number of nitrogens with one attached hydrogen (secondary N) is 2. The smallest absolute Gasteiger partial charge is 0.251 e. The summed E-state index contributed by atoms with van der Waals surface area (Å²) in [4.78, 5) is 12.9. The van der Waals surface area contributed by atoms with Gasteiger partial charge in [0.25, 0.3) is 5.91 Å². The fraction of sp³-hybridized carbons (Fsp3) is 0.258. The van der Waals surface area contributed by atoms with Crippen molar-refractivity contribution >= 4 is 33.1 Å². The number of allylic oxidation sites excluding steroid dienone is 2. The van der Waals surface area contributed by atoms with Crippen molar-refractivity contribution in [3.8, 4) is 0 Å². The maximum Gasteiger partial charge on any atom is 0.251 e. The molecule has 0 fully saturated rings. The molecule has 2 aliphatic rings. The predicted molar refractivity (Wildman–Crippen MR) is 141 cm³/mol. The van der Waals surface area contributed by atoms with E-state index in [2.05, 4.69) is 89.5 Å². The molecule has 6 rings (SSSR count). The molecule has 4 aromatic rings. The third-order valence-electron chi connectivity index (χ3n) is 7.24. The molecule has 0 saturated heterocycles. The van der Waals surface area contributed by atoms with Gasteiger partial charge in [-0.2, -0.15) is 0 Å². The summed E-state index contributed by atoms with van der Waals surface area (Å²) in [6.07, 6.45) is 5.68. The quantitative estimate of drug-likeness (QED) is 0.250. The van der Waals surface area contributed by atoms with E-state index >= 15 is 0 Å². The van der Waals surface area contributed by atoms with Crippen molar-refractivity contribution in [1.82, 2.24) is 5.32 Å². The lowest BCUT2D eigenvalue weighted by molar-refractivity contribution is 0.0919. The summed E-state index contributed by atoms with van der Waals surface area (Å²) in [5.74, 6) is 0.681.